The zero-order valence-electron chi connectivity index (χ0n) is 21.8. The predicted molar refractivity (Wildman–Crippen MR) is 142 cm³/mol. The maximum atomic E-state index is 13.6. The van der Waals surface area contributed by atoms with Crippen LogP contribution < -0.4 is 18.9 Å². The standard InChI is InChI=1S/C28H39O6S/c1-7-31-22-18-23(32-8-2)26(24(19-22)33-9-3)34-21-12-10-20(11-13-21)25(29)27(28(4,5)6)35-16-14-30-15-17-35/h10-13,18-19,27H,7-9,14-17H2,1-6H3/q+1. The van der Waals surface area contributed by atoms with Crippen molar-refractivity contribution in [2.45, 2.75) is 46.8 Å². The van der Waals surface area contributed by atoms with E-state index in [-0.39, 0.29) is 27.3 Å². The molecule has 192 valence electrons. The normalized spacial score (nSPS) is 15.4. The average molecular weight is 504 g/mol. The lowest BCUT2D eigenvalue weighted by Gasteiger charge is -2.31. The van der Waals surface area contributed by atoms with Gasteiger partial charge in [-0.3, -0.25) is 4.79 Å². The van der Waals surface area contributed by atoms with Gasteiger partial charge in [-0.15, -0.1) is 0 Å². The topological polar surface area (TPSA) is 63.2 Å². The molecule has 0 N–H and O–H groups in total. The lowest BCUT2D eigenvalue weighted by molar-refractivity contribution is 0.0946. The Labute approximate surface area is 212 Å². The summed E-state index contributed by atoms with van der Waals surface area (Å²) in [6.45, 7) is 15.2. The van der Waals surface area contributed by atoms with Crippen LogP contribution >= 0.6 is 0 Å². The average Bonchev–Trinajstić information content (AvgIpc) is 2.82. The van der Waals surface area contributed by atoms with Crippen molar-refractivity contribution in [1.29, 1.82) is 0 Å². The van der Waals surface area contributed by atoms with Gasteiger partial charge in [0.05, 0.1) is 33.0 Å². The van der Waals surface area contributed by atoms with Gasteiger partial charge in [-0.05, 0) is 45.0 Å². The first kappa shape index (κ1) is 27.2. The maximum Gasteiger partial charge on any atom is 0.215 e. The number of hydrogen-bond acceptors (Lipinski definition) is 6. The SMILES string of the molecule is CCOc1cc(OCC)c(Oc2ccc(C(=O)C([S+]3CCOCC3)C(C)(C)C)cc2)c(OCC)c1. The molecule has 1 saturated heterocycles. The predicted octanol–water partition coefficient (Wildman–Crippen LogP) is 5.92. The van der Waals surface area contributed by atoms with E-state index in [1.54, 1.807) is 0 Å². The van der Waals surface area contributed by atoms with E-state index in [0.29, 0.717) is 54.1 Å². The van der Waals surface area contributed by atoms with Gasteiger partial charge in [-0.2, -0.15) is 0 Å². The Morgan fingerprint density at radius 3 is 1.91 bits per heavy atom. The zero-order valence-corrected chi connectivity index (χ0v) is 22.7. The van der Waals surface area contributed by atoms with Gasteiger partial charge in [0.1, 0.15) is 23.0 Å². The Bertz CT molecular complexity index is 933. The second-order valence-corrected chi connectivity index (χ2v) is 11.7. The number of hydrogen-bond donors (Lipinski definition) is 0. The molecule has 0 aliphatic carbocycles. The summed E-state index contributed by atoms with van der Waals surface area (Å²) in [6.07, 6.45) is 0. The molecule has 1 unspecified atom stereocenters. The highest BCUT2D eigenvalue weighted by Gasteiger charge is 2.46. The van der Waals surface area contributed by atoms with Crippen molar-refractivity contribution in [3.63, 3.8) is 0 Å². The number of Topliss-reactive ketones (excluding diaryl/α,β-unsaturated/α-hetero) is 1. The first-order valence-corrected chi connectivity index (χ1v) is 14.0. The third-order valence-corrected chi connectivity index (χ3v) is 8.57. The van der Waals surface area contributed by atoms with Crippen LogP contribution in [0.15, 0.2) is 36.4 Å². The van der Waals surface area contributed by atoms with E-state index in [2.05, 4.69) is 20.8 Å². The van der Waals surface area contributed by atoms with Crippen LogP contribution in [0, 0.1) is 5.41 Å². The van der Waals surface area contributed by atoms with Crippen molar-refractivity contribution < 1.29 is 28.5 Å². The number of benzene rings is 2. The van der Waals surface area contributed by atoms with Crippen LogP contribution in [-0.4, -0.2) is 55.6 Å². The van der Waals surface area contributed by atoms with Gasteiger partial charge in [0.2, 0.25) is 11.5 Å². The Morgan fingerprint density at radius 1 is 0.886 bits per heavy atom. The van der Waals surface area contributed by atoms with E-state index in [0.717, 1.165) is 24.7 Å². The first-order valence-electron chi connectivity index (χ1n) is 12.4. The minimum absolute atomic E-state index is 0.0148. The van der Waals surface area contributed by atoms with Crippen LogP contribution in [0.3, 0.4) is 0 Å². The second-order valence-electron chi connectivity index (χ2n) is 9.34. The van der Waals surface area contributed by atoms with Crippen LogP contribution in [0.2, 0.25) is 0 Å². The lowest BCUT2D eigenvalue weighted by Crippen LogP contribution is -2.47. The molecule has 2 aromatic carbocycles. The van der Waals surface area contributed by atoms with E-state index in [1.807, 2.05) is 57.2 Å². The van der Waals surface area contributed by atoms with Gasteiger partial charge in [-0.1, -0.05) is 20.8 Å². The summed E-state index contributed by atoms with van der Waals surface area (Å²) in [5.74, 6) is 4.96. The quantitative estimate of drug-likeness (QED) is 0.280. The van der Waals surface area contributed by atoms with Crippen molar-refractivity contribution in [1.82, 2.24) is 0 Å². The summed E-state index contributed by atoms with van der Waals surface area (Å²) in [5.41, 5.74) is 0.589. The zero-order chi connectivity index (χ0) is 25.4. The molecule has 0 spiro atoms. The highest BCUT2D eigenvalue weighted by Crippen LogP contribution is 2.44. The smallest absolute Gasteiger partial charge is 0.215 e. The monoisotopic (exact) mass is 503 g/mol. The molecule has 0 radical (unpaired) electrons. The Hall–Kier alpha value is -2.38. The molecular weight excluding hydrogens is 464 g/mol. The molecule has 6 nitrogen and oxygen atoms in total. The number of carbonyl (C=O) groups excluding carboxylic acids is 1. The van der Waals surface area contributed by atoms with Gasteiger partial charge in [0, 0.05) is 34.0 Å². The fourth-order valence-electron chi connectivity index (χ4n) is 4.20. The summed E-state index contributed by atoms with van der Waals surface area (Å²) in [4.78, 5) is 13.6. The van der Waals surface area contributed by atoms with Crippen molar-refractivity contribution in [3.8, 4) is 28.7 Å². The third-order valence-electron chi connectivity index (χ3n) is 5.60. The molecular formula is C28H39O6S+. The molecule has 2 aromatic rings. The Balaban J connectivity index is 1.86. The lowest BCUT2D eigenvalue weighted by atomic mass is 9.87. The van der Waals surface area contributed by atoms with Crippen LogP contribution in [0.25, 0.3) is 0 Å². The molecule has 0 bridgehead atoms. The summed E-state index contributed by atoms with van der Waals surface area (Å²) in [7, 11) is 0.0148. The van der Waals surface area contributed by atoms with Gasteiger partial charge in [0.15, 0.2) is 16.7 Å². The third kappa shape index (κ3) is 7.07. The van der Waals surface area contributed by atoms with E-state index in [9.17, 15) is 4.79 Å². The molecule has 0 amide bonds. The fraction of sp³-hybridized carbons (Fsp3) is 0.536. The van der Waals surface area contributed by atoms with E-state index >= 15 is 0 Å². The van der Waals surface area contributed by atoms with Gasteiger partial charge in [-0.25, -0.2) is 0 Å². The van der Waals surface area contributed by atoms with Gasteiger partial charge >= 0.3 is 0 Å². The molecule has 7 heteroatoms. The fourth-order valence-corrected chi connectivity index (χ4v) is 6.98. The van der Waals surface area contributed by atoms with Crippen LogP contribution in [0.4, 0.5) is 0 Å². The molecule has 1 atom stereocenters. The minimum atomic E-state index is -0.117. The summed E-state index contributed by atoms with van der Waals surface area (Å²) in [5, 5.41) is -0.0293. The first-order chi connectivity index (χ1) is 16.8. The van der Waals surface area contributed by atoms with Crippen LogP contribution in [0.5, 0.6) is 28.7 Å². The van der Waals surface area contributed by atoms with Crippen molar-refractivity contribution in [2.75, 3.05) is 44.5 Å². The van der Waals surface area contributed by atoms with Crippen LogP contribution in [0.1, 0.15) is 51.9 Å². The molecule has 1 heterocycles. The molecule has 1 fully saturated rings. The Kier molecular flexibility index (Phi) is 9.75. The molecule has 3 rings (SSSR count). The summed E-state index contributed by atoms with van der Waals surface area (Å²) >= 11 is 0. The highest BCUT2D eigenvalue weighted by molar-refractivity contribution is 7.98. The molecule has 0 saturated carbocycles. The molecule has 1 aliphatic heterocycles. The van der Waals surface area contributed by atoms with Gasteiger partial charge < -0.3 is 23.7 Å². The van der Waals surface area contributed by atoms with Crippen molar-refractivity contribution in [3.05, 3.63) is 42.0 Å². The summed E-state index contributed by atoms with van der Waals surface area (Å²) < 4.78 is 29.1. The molecule has 35 heavy (non-hydrogen) atoms. The summed E-state index contributed by atoms with van der Waals surface area (Å²) in [6, 6.07) is 11.0. The van der Waals surface area contributed by atoms with E-state index in [4.69, 9.17) is 23.7 Å². The van der Waals surface area contributed by atoms with Crippen molar-refractivity contribution in [2.24, 2.45) is 5.41 Å². The van der Waals surface area contributed by atoms with Gasteiger partial charge in [0.25, 0.3) is 0 Å². The van der Waals surface area contributed by atoms with E-state index < -0.39 is 0 Å². The molecule has 0 aromatic heterocycles. The Morgan fingerprint density at radius 2 is 1.43 bits per heavy atom. The maximum absolute atomic E-state index is 13.6. The van der Waals surface area contributed by atoms with E-state index in [1.165, 1.54) is 0 Å². The second kappa shape index (κ2) is 12.5. The minimum Gasteiger partial charge on any atom is -0.494 e. The molecule has 1 aliphatic rings. The van der Waals surface area contributed by atoms with Crippen molar-refractivity contribution >= 4 is 16.7 Å². The highest BCUT2D eigenvalue weighted by atomic mass is 32.2. The number of ketones is 1. The number of ether oxygens (including phenoxy) is 5. The largest absolute Gasteiger partial charge is 0.494 e. The van der Waals surface area contributed by atoms with Crippen LogP contribution in [-0.2, 0) is 15.6 Å². The number of carbonyl (C=O) groups is 1. The number of rotatable bonds is 11.